The molecule has 204 valence electrons. The molecule has 0 saturated carbocycles. The van der Waals surface area contributed by atoms with Crippen molar-refractivity contribution < 1.29 is 9.59 Å². The number of nitrogens with one attached hydrogen (secondary N) is 2. The molecule has 0 unspecified atom stereocenters. The van der Waals surface area contributed by atoms with Gasteiger partial charge in [-0.25, -0.2) is 0 Å². The number of carbonyl (C=O) groups is 2. The lowest BCUT2D eigenvalue weighted by atomic mass is 9.90. The Morgan fingerprint density at radius 3 is 2.54 bits per heavy atom. The van der Waals surface area contributed by atoms with Gasteiger partial charge in [0.05, 0.1) is 17.2 Å². The molecule has 2 aliphatic rings. The van der Waals surface area contributed by atoms with E-state index in [4.69, 9.17) is 10.7 Å². The summed E-state index contributed by atoms with van der Waals surface area (Å²) < 4.78 is 0. The number of nitroso groups, excluding NO2 is 1. The molecule has 0 atom stereocenters. The Morgan fingerprint density at radius 2 is 1.76 bits per heavy atom. The maximum Gasteiger partial charge on any atom is 0.335 e. The SMILES string of the molecule is N#Cc1ccc(N2CCCc3cc(/C=C/C=C(/C(=N)C(=O)N=O)C(=O)Nc4cccc5c4CCCC5)ccc32)cc1. The van der Waals surface area contributed by atoms with Crippen molar-refractivity contribution in [1.82, 2.24) is 0 Å². The van der Waals surface area contributed by atoms with E-state index in [1.165, 1.54) is 17.2 Å². The van der Waals surface area contributed by atoms with Crippen molar-refractivity contribution in [3.05, 3.63) is 111 Å². The normalized spacial score (nSPS) is 14.5. The number of anilines is 3. The number of amides is 2. The number of fused-ring (bicyclic) bond motifs is 2. The van der Waals surface area contributed by atoms with Crippen LogP contribution < -0.4 is 10.2 Å². The number of nitriles is 1. The van der Waals surface area contributed by atoms with Crippen LogP contribution in [0.2, 0.25) is 0 Å². The molecular formula is C33H29N5O3. The largest absolute Gasteiger partial charge is 0.341 e. The quantitative estimate of drug-likeness (QED) is 0.154. The van der Waals surface area contributed by atoms with E-state index in [1.807, 2.05) is 54.6 Å². The van der Waals surface area contributed by atoms with Crippen molar-refractivity contribution in [1.29, 1.82) is 10.7 Å². The van der Waals surface area contributed by atoms with E-state index in [9.17, 15) is 14.5 Å². The first-order valence-electron chi connectivity index (χ1n) is 13.7. The highest BCUT2D eigenvalue weighted by Gasteiger charge is 2.23. The Morgan fingerprint density at radius 1 is 0.976 bits per heavy atom. The second-order valence-corrected chi connectivity index (χ2v) is 10.1. The summed E-state index contributed by atoms with van der Waals surface area (Å²) >= 11 is 0. The molecule has 0 spiro atoms. The van der Waals surface area contributed by atoms with Gasteiger partial charge in [-0.2, -0.15) is 5.26 Å². The number of benzene rings is 3. The molecule has 8 nitrogen and oxygen atoms in total. The number of nitrogens with zero attached hydrogens (tertiary/aromatic N) is 3. The van der Waals surface area contributed by atoms with Gasteiger partial charge in [-0.05, 0) is 109 Å². The summed E-state index contributed by atoms with van der Waals surface area (Å²) in [6, 6.07) is 21.5. The number of allylic oxidation sites excluding steroid dienone is 2. The van der Waals surface area contributed by atoms with Gasteiger partial charge in [0.2, 0.25) is 0 Å². The van der Waals surface area contributed by atoms with Gasteiger partial charge in [0.25, 0.3) is 5.91 Å². The highest BCUT2D eigenvalue weighted by atomic mass is 16.3. The van der Waals surface area contributed by atoms with E-state index in [0.717, 1.165) is 67.6 Å². The van der Waals surface area contributed by atoms with Crippen LogP contribution in [0.15, 0.2) is 83.6 Å². The van der Waals surface area contributed by atoms with E-state index < -0.39 is 17.5 Å². The van der Waals surface area contributed by atoms with E-state index in [-0.39, 0.29) is 5.57 Å². The minimum atomic E-state index is -1.30. The van der Waals surface area contributed by atoms with Crippen LogP contribution in [0.25, 0.3) is 6.08 Å². The smallest absolute Gasteiger partial charge is 0.335 e. The molecule has 0 aromatic heterocycles. The average molecular weight is 544 g/mol. The average Bonchev–Trinajstić information content (AvgIpc) is 3.02. The number of rotatable bonds is 7. The Bertz CT molecular complexity index is 1630. The highest BCUT2D eigenvalue weighted by molar-refractivity contribution is 6.51. The van der Waals surface area contributed by atoms with E-state index in [1.54, 1.807) is 12.2 Å². The van der Waals surface area contributed by atoms with Gasteiger partial charge in [-0.3, -0.25) is 15.0 Å². The van der Waals surface area contributed by atoms with Crippen molar-refractivity contribution in [3.8, 4) is 6.07 Å². The Labute approximate surface area is 238 Å². The van der Waals surface area contributed by atoms with Crippen LogP contribution in [0.4, 0.5) is 17.1 Å². The lowest BCUT2D eigenvalue weighted by molar-refractivity contribution is -0.114. The predicted octanol–water partition coefficient (Wildman–Crippen LogP) is 6.41. The summed E-state index contributed by atoms with van der Waals surface area (Å²) in [4.78, 5) is 38.3. The van der Waals surface area contributed by atoms with Gasteiger partial charge in [0.1, 0.15) is 5.71 Å². The van der Waals surface area contributed by atoms with Crippen LogP contribution in [0, 0.1) is 21.6 Å². The Hall–Kier alpha value is -5.16. The molecule has 0 radical (unpaired) electrons. The number of aryl methyl sites for hydroxylation is 2. The van der Waals surface area contributed by atoms with Gasteiger partial charge in [0.15, 0.2) is 0 Å². The molecule has 2 amide bonds. The molecule has 5 rings (SSSR count). The van der Waals surface area contributed by atoms with Gasteiger partial charge in [0, 0.05) is 28.8 Å². The van der Waals surface area contributed by atoms with E-state index >= 15 is 0 Å². The molecule has 0 saturated heterocycles. The molecule has 1 heterocycles. The Kier molecular flexibility index (Phi) is 8.26. The second kappa shape index (κ2) is 12.3. The molecule has 8 heteroatoms. The second-order valence-electron chi connectivity index (χ2n) is 10.1. The lowest BCUT2D eigenvalue weighted by Crippen LogP contribution is -2.25. The van der Waals surface area contributed by atoms with Gasteiger partial charge in [-0.1, -0.05) is 30.4 Å². The zero-order valence-electron chi connectivity index (χ0n) is 22.5. The minimum Gasteiger partial charge on any atom is -0.341 e. The first-order valence-corrected chi connectivity index (χ1v) is 13.7. The number of hydrogen-bond donors (Lipinski definition) is 2. The summed E-state index contributed by atoms with van der Waals surface area (Å²) in [6.45, 7) is 0.876. The molecule has 3 aromatic rings. The van der Waals surface area contributed by atoms with Crippen LogP contribution in [0.1, 0.15) is 47.1 Å². The van der Waals surface area contributed by atoms with Gasteiger partial charge < -0.3 is 10.2 Å². The topological polar surface area (TPSA) is 126 Å². The monoisotopic (exact) mass is 543 g/mol. The fourth-order valence-electron chi connectivity index (χ4n) is 5.48. The van der Waals surface area contributed by atoms with Crippen LogP contribution in [-0.4, -0.2) is 24.1 Å². The first-order chi connectivity index (χ1) is 20.0. The molecule has 41 heavy (non-hydrogen) atoms. The summed E-state index contributed by atoms with van der Waals surface area (Å²) in [5.74, 6) is -1.94. The van der Waals surface area contributed by atoms with Crippen LogP contribution in [-0.2, 0) is 28.9 Å². The van der Waals surface area contributed by atoms with E-state index in [0.29, 0.717) is 11.3 Å². The van der Waals surface area contributed by atoms with Crippen molar-refractivity contribution in [2.24, 2.45) is 5.18 Å². The third-order valence-electron chi connectivity index (χ3n) is 7.54. The summed E-state index contributed by atoms with van der Waals surface area (Å²) in [6.07, 6.45) is 10.6. The molecule has 2 N–H and O–H groups in total. The zero-order chi connectivity index (χ0) is 28.8. The molecular weight excluding hydrogens is 514 g/mol. The van der Waals surface area contributed by atoms with Gasteiger partial charge >= 0.3 is 5.91 Å². The van der Waals surface area contributed by atoms with E-state index in [2.05, 4.69) is 27.5 Å². The predicted molar refractivity (Wildman–Crippen MR) is 160 cm³/mol. The van der Waals surface area contributed by atoms with Gasteiger partial charge in [-0.15, -0.1) is 4.91 Å². The molecule has 1 aliphatic carbocycles. The standard InChI is InChI=1S/C33H29N5O3/c34-21-23-13-16-26(17-14-23)38-19-5-9-25-20-22(15-18-30(25)38)6-3-11-28(31(35)33(40)37-41)32(39)36-29-12-4-8-24-7-1-2-10-27(24)29/h3-4,6,8,11-18,20,35H,1-2,5,7,9-10,19H2,(H,36,39)/b6-3+,28-11-,35-31?. The van der Waals surface area contributed by atoms with Crippen LogP contribution in [0.5, 0.6) is 0 Å². The van der Waals surface area contributed by atoms with Crippen molar-refractivity contribution in [2.75, 3.05) is 16.8 Å². The highest BCUT2D eigenvalue weighted by Crippen LogP contribution is 2.34. The molecule has 1 aliphatic heterocycles. The number of hydrogen-bond acceptors (Lipinski definition) is 6. The van der Waals surface area contributed by atoms with Crippen molar-refractivity contribution in [2.45, 2.75) is 38.5 Å². The third kappa shape index (κ3) is 6.04. The van der Waals surface area contributed by atoms with Crippen molar-refractivity contribution >= 4 is 40.7 Å². The molecule has 0 bridgehead atoms. The first kappa shape index (κ1) is 27.4. The van der Waals surface area contributed by atoms with Crippen molar-refractivity contribution in [3.63, 3.8) is 0 Å². The fourth-order valence-corrected chi connectivity index (χ4v) is 5.48. The summed E-state index contributed by atoms with van der Waals surface area (Å²) in [5.41, 5.74) is 6.74. The lowest BCUT2D eigenvalue weighted by Gasteiger charge is -2.31. The fraction of sp³-hybridized carbons (Fsp3) is 0.212. The third-order valence-corrected chi connectivity index (χ3v) is 7.54. The van der Waals surface area contributed by atoms with Crippen LogP contribution in [0.3, 0.4) is 0 Å². The Balaban J connectivity index is 1.38. The molecule has 3 aromatic carbocycles. The minimum absolute atomic E-state index is 0.232. The van der Waals surface area contributed by atoms with Crippen LogP contribution >= 0.6 is 0 Å². The maximum absolute atomic E-state index is 13.2. The summed E-state index contributed by atoms with van der Waals surface area (Å²) in [7, 11) is 0. The summed E-state index contributed by atoms with van der Waals surface area (Å²) in [5, 5.41) is 22.4. The molecule has 0 fully saturated rings. The number of carbonyl (C=O) groups excluding carboxylic acids is 2. The maximum atomic E-state index is 13.2. The zero-order valence-corrected chi connectivity index (χ0v) is 22.5.